The second-order valence-corrected chi connectivity index (χ2v) is 7.97. The SMILES string of the molecule is CC(C)C(NC(=O)CCc1nc2ccccc2s1)c1ccc(Cl)cc1. The molecule has 1 unspecified atom stereocenters. The van der Waals surface area contributed by atoms with Crippen LogP contribution in [-0.4, -0.2) is 10.9 Å². The van der Waals surface area contributed by atoms with Crippen LogP contribution < -0.4 is 5.32 Å². The highest BCUT2D eigenvalue weighted by molar-refractivity contribution is 7.18. The molecule has 0 spiro atoms. The Morgan fingerprint density at radius 3 is 2.56 bits per heavy atom. The van der Waals surface area contributed by atoms with Gasteiger partial charge >= 0.3 is 0 Å². The van der Waals surface area contributed by atoms with E-state index in [1.54, 1.807) is 11.3 Å². The van der Waals surface area contributed by atoms with Gasteiger partial charge < -0.3 is 5.32 Å². The van der Waals surface area contributed by atoms with Gasteiger partial charge in [-0.05, 0) is 35.7 Å². The highest BCUT2D eigenvalue weighted by Crippen LogP contribution is 2.25. The molecule has 130 valence electrons. The summed E-state index contributed by atoms with van der Waals surface area (Å²) in [7, 11) is 0. The van der Waals surface area contributed by atoms with Crippen molar-refractivity contribution >= 4 is 39.1 Å². The molecule has 0 aliphatic rings. The van der Waals surface area contributed by atoms with Gasteiger partial charge in [0.1, 0.15) is 0 Å². The number of hydrogen-bond donors (Lipinski definition) is 1. The van der Waals surface area contributed by atoms with E-state index in [2.05, 4.69) is 30.2 Å². The van der Waals surface area contributed by atoms with Crippen LogP contribution in [-0.2, 0) is 11.2 Å². The molecule has 1 aromatic heterocycles. The summed E-state index contributed by atoms with van der Waals surface area (Å²) in [6.45, 7) is 4.21. The second-order valence-electron chi connectivity index (χ2n) is 6.42. The molecule has 0 saturated carbocycles. The van der Waals surface area contributed by atoms with Crippen molar-refractivity contribution in [3.8, 4) is 0 Å². The Hall–Kier alpha value is -1.91. The van der Waals surface area contributed by atoms with E-state index in [1.807, 2.05) is 42.5 Å². The van der Waals surface area contributed by atoms with Crippen molar-refractivity contribution in [1.82, 2.24) is 10.3 Å². The van der Waals surface area contributed by atoms with Crippen molar-refractivity contribution in [1.29, 1.82) is 0 Å². The summed E-state index contributed by atoms with van der Waals surface area (Å²) in [4.78, 5) is 17.0. The second kappa shape index (κ2) is 7.98. The standard InChI is InChI=1S/C20H21ClN2OS/c1-13(2)20(14-7-9-15(21)10-8-14)23-18(24)11-12-19-22-16-5-3-4-6-17(16)25-19/h3-10,13,20H,11-12H2,1-2H3,(H,23,24). The number of aryl methyl sites for hydroxylation is 1. The number of amides is 1. The maximum absolute atomic E-state index is 12.4. The molecular weight excluding hydrogens is 352 g/mol. The molecule has 2 aromatic carbocycles. The topological polar surface area (TPSA) is 42.0 Å². The molecule has 1 atom stereocenters. The van der Waals surface area contributed by atoms with E-state index < -0.39 is 0 Å². The van der Waals surface area contributed by atoms with Crippen LogP contribution >= 0.6 is 22.9 Å². The first kappa shape index (κ1) is 17.9. The van der Waals surface area contributed by atoms with Gasteiger partial charge in [0.15, 0.2) is 0 Å². The van der Waals surface area contributed by atoms with Crippen molar-refractivity contribution < 1.29 is 4.79 Å². The predicted molar refractivity (Wildman–Crippen MR) is 105 cm³/mol. The number of carbonyl (C=O) groups is 1. The Bertz CT molecular complexity index is 825. The Kier molecular flexibility index (Phi) is 5.71. The molecule has 5 heteroatoms. The Balaban J connectivity index is 1.62. The lowest BCUT2D eigenvalue weighted by molar-refractivity contribution is -0.122. The third kappa shape index (κ3) is 4.59. The molecule has 0 bridgehead atoms. The molecule has 0 saturated heterocycles. The molecule has 1 amide bonds. The van der Waals surface area contributed by atoms with Crippen LogP contribution in [0.2, 0.25) is 5.02 Å². The molecular formula is C20H21ClN2OS. The number of aromatic nitrogens is 1. The molecule has 0 aliphatic carbocycles. The zero-order valence-corrected chi connectivity index (χ0v) is 15.9. The van der Waals surface area contributed by atoms with Crippen LogP contribution in [0.4, 0.5) is 0 Å². The van der Waals surface area contributed by atoms with Crippen LogP contribution in [0.5, 0.6) is 0 Å². The zero-order chi connectivity index (χ0) is 17.8. The molecule has 3 aromatic rings. The van der Waals surface area contributed by atoms with Gasteiger partial charge in [-0.1, -0.05) is 49.7 Å². The first-order valence-corrected chi connectivity index (χ1v) is 9.61. The number of para-hydroxylation sites is 1. The zero-order valence-electron chi connectivity index (χ0n) is 14.3. The predicted octanol–water partition coefficient (Wildman–Crippen LogP) is 5.40. The van der Waals surface area contributed by atoms with Gasteiger partial charge in [-0.15, -0.1) is 11.3 Å². The van der Waals surface area contributed by atoms with Crippen molar-refractivity contribution in [2.45, 2.75) is 32.7 Å². The van der Waals surface area contributed by atoms with Gasteiger partial charge in [0.25, 0.3) is 0 Å². The summed E-state index contributed by atoms with van der Waals surface area (Å²) in [5.41, 5.74) is 2.08. The van der Waals surface area contributed by atoms with E-state index in [9.17, 15) is 4.79 Å². The summed E-state index contributed by atoms with van der Waals surface area (Å²) in [5.74, 6) is 0.348. The van der Waals surface area contributed by atoms with Gasteiger partial charge in [0.05, 0.1) is 21.3 Å². The van der Waals surface area contributed by atoms with Gasteiger partial charge in [0, 0.05) is 17.9 Å². The average molecular weight is 373 g/mol. The number of halogens is 1. The van der Waals surface area contributed by atoms with Crippen LogP contribution in [0.1, 0.15) is 36.9 Å². The minimum Gasteiger partial charge on any atom is -0.349 e. The Labute approximate surface area is 157 Å². The third-order valence-corrected chi connectivity index (χ3v) is 5.46. The molecule has 1 heterocycles. The third-order valence-electron chi connectivity index (χ3n) is 4.12. The summed E-state index contributed by atoms with van der Waals surface area (Å²) in [5, 5.41) is 4.86. The number of fused-ring (bicyclic) bond motifs is 1. The van der Waals surface area contributed by atoms with Crippen molar-refractivity contribution in [2.75, 3.05) is 0 Å². The minimum absolute atomic E-state index is 0.0138. The molecule has 3 nitrogen and oxygen atoms in total. The molecule has 3 rings (SSSR count). The van der Waals surface area contributed by atoms with Gasteiger partial charge in [-0.2, -0.15) is 0 Å². The fraction of sp³-hybridized carbons (Fsp3) is 0.300. The van der Waals surface area contributed by atoms with E-state index in [4.69, 9.17) is 11.6 Å². The number of hydrogen-bond acceptors (Lipinski definition) is 3. The summed E-state index contributed by atoms with van der Waals surface area (Å²) >= 11 is 7.62. The molecule has 0 aliphatic heterocycles. The van der Waals surface area contributed by atoms with E-state index in [1.165, 1.54) is 4.70 Å². The number of nitrogens with zero attached hydrogens (tertiary/aromatic N) is 1. The van der Waals surface area contributed by atoms with Crippen molar-refractivity contribution in [2.24, 2.45) is 5.92 Å². The van der Waals surface area contributed by atoms with Gasteiger partial charge in [-0.25, -0.2) is 4.98 Å². The maximum atomic E-state index is 12.4. The van der Waals surface area contributed by atoms with Crippen LogP contribution in [0.15, 0.2) is 48.5 Å². The van der Waals surface area contributed by atoms with Crippen LogP contribution in [0, 0.1) is 5.92 Å². The quantitative estimate of drug-likeness (QED) is 0.629. The van der Waals surface area contributed by atoms with Crippen molar-refractivity contribution in [3.05, 3.63) is 64.1 Å². The van der Waals surface area contributed by atoms with E-state index in [0.717, 1.165) is 16.1 Å². The van der Waals surface area contributed by atoms with Crippen LogP contribution in [0.3, 0.4) is 0 Å². The monoisotopic (exact) mass is 372 g/mol. The fourth-order valence-corrected chi connectivity index (χ4v) is 3.89. The number of nitrogens with one attached hydrogen (secondary N) is 1. The highest BCUT2D eigenvalue weighted by Gasteiger charge is 2.18. The minimum atomic E-state index is -0.0138. The van der Waals surface area contributed by atoms with Gasteiger partial charge in [-0.3, -0.25) is 4.79 Å². The highest BCUT2D eigenvalue weighted by atomic mass is 35.5. The van der Waals surface area contributed by atoms with E-state index in [0.29, 0.717) is 23.8 Å². The fourth-order valence-electron chi connectivity index (χ4n) is 2.80. The lowest BCUT2D eigenvalue weighted by atomic mass is 9.96. The Morgan fingerprint density at radius 1 is 1.16 bits per heavy atom. The van der Waals surface area contributed by atoms with Gasteiger partial charge in [0.2, 0.25) is 5.91 Å². The average Bonchev–Trinajstić information content (AvgIpc) is 3.01. The van der Waals surface area contributed by atoms with Crippen molar-refractivity contribution in [3.63, 3.8) is 0 Å². The summed E-state index contributed by atoms with van der Waals surface area (Å²) < 4.78 is 1.17. The Morgan fingerprint density at radius 2 is 1.88 bits per heavy atom. The molecule has 25 heavy (non-hydrogen) atoms. The number of benzene rings is 2. The number of rotatable bonds is 6. The summed E-state index contributed by atoms with van der Waals surface area (Å²) in [6, 6.07) is 15.7. The summed E-state index contributed by atoms with van der Waals surface area (Å²) in [6.07, 6.45) is 1.10. The van der Waals surface area contributed by atoms with Crippen LogP contribution in [0.25, 0.3) is 10.2 Å². The molecule has 1 N–H and O–H groups in total. The first-order chi connectivity index (χ1) is 12.0. The number of carbonyl (C=O) groups excluding carboxylic acids is 1. The first-order valence-electron chi connectivity index (χ1n) is 8.42. The maximum Gasteiger partial charge on any atom is 0.220 e. The number of thiazole rings is 1. The molecule has 0 radical (unpaired) electrons. The van der Waals surface area contributed by atoms with E-state index in [-0.39, 0.29) is 11.9 Å². The molecule has 0 fully saturated rings. The normalized spacial score (nSPS) is 12.5. The largest absolute Gasteiger partial charge is 0.349 e. The lowest BCUT2D eigenvalue weighted by Crippen LogP contribution is -2.31. The van der Waals surface area contributed by atoms with E-state index >= 15 is 0 Å². The smallest absolute Gasteiger partial charge is 0.220 e. The lowest BCUT2D eigenvalue weighted by Gasteiger charge is -2.23.